The molecule has 24 heavy (non-hydrogen) atoms. The molecule has 2 aromatic carbocycles. The number of halogens is 1. The third-order valence-corrected chi connectivity index (χ3v) is 6.91. The lowest BCUT2D eigenvalue weighted by Gasteiger charge is -2.04. The predicted octanol–water partition coefficient (Wildman–Crippen LogP) is 3.62. The van der Waals surface area contributed by atoms with Crippen molar-refractivity contribution in [2.45, 2.75) is 23.0 Å². The van der Waals surface area contributed by atoms with Gasteiger partial charge in [0.2, 0.25) is 0 Å². The molecule has 0 N–H and O–H groups in total. The molecule has 1 aliphatic rings. The molecular weight excluding hydrogens is 344 g/mol. The molecule has 2 atom stereocenters. The van der Waals surface area contributed by atoms with E-state index < -0.39 is 26.4 Å². The van der Waals surface area contributed by atoms with Gasteiger partial charge in [-0.1, -0.05) is 41.4 Å². The van der Waals surface area contributed by atoms with Crippen molar-refractivity contribution in [1.82, 2.24) is 0 Å². The molecule has 2 aromatic rings. The van der Waals surface area contributed by atoms with Crippen molar-refractivity contribution < 1.29 is 8.42 Å². The Morgan fingerprint density at radius 1 is 1.00 bits per heavy atom. The van der Waals surface area contributed by atoms with E-state index in [1.54, 1.807) is 36.4 Å². The Balaban J connectivity index is 2.09. The van der Waals surface area contributed by atoms with E-state index >= 15 is 0 Å². The van der Waals surface area contributed by atoms with Crippen LogP contribution >= 0.6 is 11.6 Å². The zero-order chi connectivity index (χ0) is 17.5. The Morgan fingerprint density at radius 2 is 1.54 bits per heavy atom. The van der Waals surface area contributed by atoms with Gasteiger partial charge in [-0.2, -0.15) is 10.5 Å². The molecule has 1 aliphatic carbocycles. The monoisotopic (exact) mass is 356 g/mol. The lowest BCUT2D eigenvalue weighted by molar-refractivity contribution is 0.591. The molecule has 4 nitrogen and oxygen atoms in total. The minimum atomic E-state index is -3.80. The average molecular weight is 357 g/mol. The van der Waals surface area contributed by atoms with Gasteiger partial charge in [-0.3, -0.25) is 0 Å². The lowest BCUT2D eigenvalue weighted by Crippen LogP contribution is -2.14. The van der Waals surface area contributed by atoms with E-state index in [2.05, 4.69) is 0 Å². The summed E-state index contributed by atoms with van der Waals surface area (Å²) >= 11 is 5.86. The molecule has 0 aliphatic heterocycles. The second kappa shape index (κ2) is 5.63. The zero-order valence-electron chi connectivity index (χ0n) is 12.8. The van der Waals surface area contributed by atoms with Crippen LogP contribution in [0.25, 0.3) is 0 Å². The smallest absolute Gasteiger partial charge is 0.184 e. The number of sulfone groups is 1. The molecule has 0 unspecified atom stereocenters. The summed E-state index contributed by atoms with van der Waals surface area (Å²) in [5.74, 6) is -0.684. The highest BCUT2D eigenvalue weighted by Crippen LogP contribution is 2.63. The van der Waals surface area contributed by atoms with E-state index in [-0.39, 0.29) is 4.90 Å². The number of nitriles is 2. The molecule has 0 amide bonds. The fourth-order valence-electron chi connectivity index (χ4n) is 3.05. The first-order valence-electron chi connectivity index (χ1n) is 7.25. The van der Waals surface area contributed by atoms with Crippen molar-refractivity contribution in [3.8, 4) is 12.1 Å². The number of aryl methyl sites for hydroxylation is 1. The summed E-state index contributed by atoms with van der Waals surface area (Å²) in [5.41, 5.74) is -0.00797. The quantitative estimate of drug-likeness (QED) is 0.840. The van der Waals surface area contributed by atoms with E-state index in [0.29, 0.717) is 10.6 Å². The largest absolute Gasteiger partial charge is 0.223 e. The molecule has 0 saturated heterocycles. The van der Waals surface area contributed by atoms with Crippen LogP contribution in [0.4, 0.5) is 0 Å². The molecule has 0 spiro atoms. The second-order valence-electron chi connectivity index (χ2n) is 5.90. The van der Waals surface area contributed by atoms with Crippen LogP contribution in [0.5, 0.6) is 0 Å². The van der Waals surface area contributed by atoms with Gasteiger partial charge < -0.3 is 0 Å². The molecular formula is C18H13ClN2O2S. The number of benzene rings is 2. The number of hydrogen-bond donors (Lipinski definition) is 0. The van der Waals surface area contributed by atoms with Crippen molar-refractivity contribution in [1.29, 1.82) is 10.5 Å². The Morgan fingerprint density at radius 3 is 2.04 bits per heavy atom. The fourth-order valence-corrected chi connectivity index (χ4v) is 5.38. The zero-order valence-corrected chi connectivity index (χ0v) is 14.3. The highest BCUT2D eigenvalue weighted by atomic mass is 35.5. The molecule has 1 saturated carbocycles. The molecule has 1 fully saturated rings. The maximum Gasteiger partial charge on any atom is 0.184 e. The van der Waals surface area contributed by atoms with Crippen LogP contribution in [-0.4, -0.2) is 13.7 Å². The van der Waals surface area contributed by atoms with Gasteiger partial charge in [-0.05, 0) is 36.8 Å². The maximum absolute atomic E-state index is 13.0. The van der Waals surface area contributed by atoms with E-state index in [1.807, 2.05) is 19.1 Å². The third kappa shape index (κ3) is 2.38. The molecule has 0 heterocycles. The standard InChI is InChI=1S/C18H13ClN2O2S/c1-12-2-8-15(9-3-12)24(22,23)17-16(18(17,10-20)11-21)13-4-6-14(19)7-5-13/h2-9,16-17H,1H3/t16-,17+/m0/s1. The Labute approximate surface area is 145 Å². The van der Waals surface area contributed by atoms with E-state index in [1.165, 1.54) is 12.1 Å². The van der Waals surface area contributed by atoms with E-state index in [4.69, 9.17) is 11.6 Å². The topological polar surface area (TPSA) is 81.7 Å². The molecule has 120 valence electrons. The Kier molecular flexibility index (Phi) is 3.87. The molecule has 0 aromatic heterocycles. The Bertz CT molecular complexity index is 954. The van der Waals surface area contributed by atoms with Crippen LogP contribution in [0.2, 0.25) is 5.02 Å². The third-order valence-electron chi connectivity index (χ3n) is 4.42. The summed E-state index contributed by atoms with van der Waals surface area (Å²) in [6, 6.07) is 16.9. The first-order chi connectivity index (χ1) is 11.4. The van der Waals surface area contributed by atoms with Crippen LogP contribution in [0.3, 0.4) is 0 Å². The summed E-state index contributed by atoms with van der Waals surface area (Å²) in [6.45, 7) is 1.86. The van der Waals surface area contributed by atoms with Gasteiger partial charge in [0, 0.05) is 10.9 Å². The van der Waals surface area contributed by atoms with E-state index in [9.17, 15) is 18.9 Å². The van der Waals surface area contributed by atoms with Gasteiger partial charge in [0.25, 0.3) is 0 Å². The van der Waals surface area contributed by atoms with Crippen molar-refractivity contribution in [3.05, 3.63) is 64.7 Å². The maximum atomic E-state index is 13.0. The SMILES string of the molecule is Cc1ccc(S(=O)(=O)[C@@H]2[C@H](c3ccc(Cl)cc3)C2(C#N)C#N)cc1. The number of rotatable bonds is 3. The minimum Gasteiger partial charge on any atom is -0.223 e. The first-order valence-corrected chi connectivity index (χ1v) is 9.18. The molecule has 3 rings (SSSR count). The lowest BCUT2D eigenvalue weighted by atomic mass is 10.0. The predicted molar refractivity (Wildman–Crippen MR) is 90.0 cm³/mol. The highest BCUT2D eigenvalue weighted by molar-refractivity contribution is 7.92. The van der Waals surface area contributed by atoms with Gasteiger partial charge in [0.05, 0.1) is 17.0 Å². The van der Waals surface area contributed by atoms with Gasteiger partial charge in [-0.25, -0.2) is 8.42 Å². The number of nitrogens with zero attached hydrogens (tertiary/aromatic N) is 2. The minimum absolute atomic E-state index is 0.129. The summed E-state index contributed by atoms with van der Waals surface area (Å²) in [7, 11) is -3.80. The Hall–Kier alpha value is -2.34. The van der Waals surface area contributed by atoms with Crippen LogP contribution in [-0.2, 0) is 9.84 Å². The molecule has 6 heteroatoms. The second-order valence-corrected chi connectivity index (χ2v) is 8.41. The highest BCUT2D eigenvalue weighted by Gasteiger charge is 2.73. The first kappa shape index (κ1) is 16.5. The summed E-state index contributed by atoms with van der Waals surface area (Å²) in [5, 5.41) is 18.4. The van der Waals surface area contributed by atoms with Gasteiger partial charge in [-0.15, -0.1) is 0 Å². The van der Waals surface area contributed by atoms with Crippen molar-refractivity contribution >= 4 is 21.4 Å². The molecule has 0 radical (unpaired) electrons. The van der Waals surface area contributed by atoms with Crippen molar-refractivity contribution in [2.75, 3.05) is 0 Å². The normalized spacial score (nSPS) is 21.5. The van der Waals surface area contributed by atoms with Crippen LogP contribution in [0.15, 0.2) is 53.4 Å². The van der Waals surface area contributed by atoms with Crippen LogP contribution in [0, 0.1) is 35.0 Å². The fraction of sp³-hybridized carbons (Fsp3) is 0.222. The van der Waals surface area contributed by atoms with Gasteiger partial charge >= 0.3 is 0 Å². The van der Waals surface area contributed by atoms with Crippen molar-refractivity contribution in [3.63, 3.8) is 0 Å². The summed E-state index contributed by atoms with van der Waals surface area (Å²) < 4.78 is 25.9. The average Bonchev–Trinajstić information content (AvgIpc) is 3.26. The number of hydrogen-bond acceptors (Lipinski definition) is 4. The van der Waals surface area contributed by atoms with Gasteiger partial charge in [0.1, 0.15) is 5.25 Å². The van der Waals surface area contributed by atoms with Gasteiger partial charge in [0.15, 0.2) is 15.3 Å². The molecule has 0 bridgehead atoms. The summed E-state index contributed by atoms with van der Waals surface area (Å²) in [6.07, 6.45) is 0. The van der Waals surface area contributed by atoms with E-state index in [0.717, 1.165) is 5.56 Å². The van der Waals surface area contributed by atoms with Crippen LogP contribution in [0.1, 0.15) is 17.0 Å². The van der Waals surface area contributed by atoms with Crippen LogP contribution < -0.4 is 0 Å². The van der Waals surface area contributed by atoms with Crippen molar-refractivity contribution in [2.24, 2.45) is 5.41 Å². The summed E-state index contributed by atoms with van der Waals surface area (Å²) in [4.78, 5) is 0.129.